The molecule has 0 spiro atoms. The highest BCUT2D eigenvalue weighted by atomic mass is 16.5. The summed E-state index contributed by atoms with van der Waals surface area (Å²) < 4.78 is 5.44. The van der Waals surface area contributed by atoms with E-state index in [1.165, 1.54) is 0 Å². The van der Waals surface area contributed by atoms with E-state index in [9.17, 15) is 4.79 Å². The number of ether oxygens (including phenoxy) is 1. The van der Waals surface area contributed by atoms with Gasteiger partial charge >= 0.3 is 0 Å². The Bertz CT molecular complexity index is 221. The fourth-order valence-electron chi connectivity index (χ4n) is 1.82. The van der Waals surface area contributed by atoms with E-state index in [2.05, 4.69) is 31.4 Å². The molecule has 1 amide bonds. The van der Waals surface area contributed by atoms with Crippen LogP contribution in [-0.4, -0.2) is 37.2 Å². The summed E-state index contributed by atoms with van der Waals surface area (Å²) >= 11 is 0. The molecular formula is C12H24N2O2. The van der Waals surface area contributed by atoms with Crippen molar-refractivity contribution in [2.45, 2.75) is 58.2 Å². The van der Waals surface area contributed by atoms with Gasteiger partial charge in [0.05, 0.1) is 12.6 Å². The lowest BCUT2D eigenvalue weighted by molar-refractivity contribution is -0.122. The van der Waals surface area contributed by atoms with Gasteiger partial charge in [-0.2, -0.15) is 0 Å². The van der Waals surface area contributed by atoms with Crippen molar-refractivity contribution in [1.82, 2.24) is 10.6 Å². The van der Waals surface area contributed by atoms with E-state index in [1.54, 1.807) is 0 Å². The molecule has 0 radical (unpaired) electrons. The zero-order chi connectivity index (χ0) is 12.0. The van der Waals surface area contributed by atoms with Crippen LogP contribution in [0.15, 0.2) is 0 Å². The summed E-state index contributed by atoms with van der Waals surface area (Å²) in [5, 5.41) is 6.24. The van der Waals surface area contributed by atoms with Gasteiger partial charge in [-0.3, -0.25) is 4.79 Å². The fourth-order valence-corrected chi connectivity index (χ4v) is 1.82. The lowest BCUT2D eigenvalue weighted by atomic mass is 10.0. The van der Waals surface area contributed by atoms with Crippen LogP contribution in [0.4, 0.5) is 0 Å². The Morgan fingerprint density at radius 2 is 2.31 bits per heavy atom. The molecule has 16 heavy (non-hydrogen) atoms. The van der Waals surface area contributed by atoms with Crippen molar-refractivity contribution >= 4 is 5.91 Å². The quantitative estimate of drug-likeness (QED) is 0.739. The maximum atomic E-state index is 11.6. The molecule has 0 aromatic heterocycles. The first-order chi connectivity index (χ1) is 7.61. The molecule has 1 saturated heterocycles. The average Bonchev–Trinajstić information content (AvgIpc) is 2.26. The molecule has 2 N–H and O–H groups in total. The number of amides is 1. The van der Waals surface area contributed by atoms with E-state index in [0.717, 1.165) is 25.9 Å². The van der Waals surface area contributed by atoms with E-state index in [-0.39, 0.29) is 18.1 Å². The summed E-state index contributed by atoms with van der Waals surface area (Å²) in [4.78, 5) is 11.6. The summed E-state index contributed by atoms with van der Waals surface area (Å²) in [6.07, 6.45) is 3.16. The first-order valence-corrected chi connectivity index (χ1v) is 6.26. The monoisotopic (exact) mass is 228 g/mol. The van der Waals surface area contributed by atoms with Gasteiger partial charge in [0.25, 0.3) is 0 Å². The van der Waals surface area contributed by atoms with Crippen molar-refractivity contribution in [3.05, 3.63) is 0 Å². The SMILES string of the molecule is CCC(C)NCC(=O)NC1CCOC(C)C1. The van der Waals surface area contributed by atoms with Gasteiger partial charge in [-0.05, 0) is 33.1 Å². The highest BCUT2D eigenvalue weighted by molar-refractivity contribution is 5.78. The van der Waals surface area contributed by atoms with Gasteiger partial charge < -0.3 is 15.4 Å². The highest BCUT2D eigenvalue weighted by Crippen LogP contribution is 2.12. The van der Waals surface area contributed by atoms with Crippen LogP contribution < -0.4 is 10.6 Å². The van der Waals surface area contributed by atoms with Crippen molar-refractivity contribution in [2.24, 2.45) is 0 Å². The largest absolute Gasteiger partial charge is 0.378 e. The molecule has 1 heterocycles. The van der Waals surface area contributed by atoms with Gasteiger partial charge in [0.15, 0.2) is 0 Å². The second-order valence-electron chi connectivity index (χ2n) is 4.66. The predicted octanol–water partition coefficient (Wildman–Crippen LogP) is 1.06. The first-order valence-electron chi connectivity index (χ1n) is 6.26. The average molecular weight is 228 g/mol. The van der Waals surface area contributed by atoms with Crippen molar-refractivity contribution in [3.8, 4) is 0 Å². The van der Waals surface area contributed by atoms with Crippen LogP contribution in [-0.2, 0) is 9.53 Å². The lowest BCUT2D eigenvalue weighted by Crippen LogP contribution is -2.45. The molecule has 1 aliphatic rings. The van der Waals surface area contributed by atoms with Gasteiger partial charge in [0, 0.05) is 18.7 Å². The molecule has 0 aromatic carbocycles. The van der Waals surface area contributed by atoms with Crippen LogP contribution >= 0.6 is 0 Å². The van der Waals surface area contributed by atoms with Crippen molar-refractivity contribution in [2.75, 3.05) is 13.2 Å². The topological polar surface area (TPSA) is 50.4 Å². The minimum absolute atomic E-state index is 0.0967. The number of hydrogen-bond donors (Lipinski definition) is 2. The zero-order valence-electron chi connectivity index (χ0n) is 10.6. The zero-order valence-corrected chi connectivity index (χ0v) is 10.6. The van der Waals surface area contributed by atoms with Crippen LogP contribution in [0.1, 0.15) is 40.0 Å². The summed E-state index contributed by atoms with van der Waals surface area (Å²) in [5.74, 6) is 0.0967. The number of rotatable bonds is 5. The van der Waals surface area contributed by atoms with Gasteiger partial charge in [-0.1, -0.05) is 6.92 Å². The summed E-state index contributed by atoms with van der Waals surface area (Å²) in [5.41, 5.74) is 0. The Morgan fingerprint density at radius 3 is 2.94 bits per heavy atom. The van der Waals surface area contributed by atoms with Gasteiger partial charge in [0.2, 0.25) is 5.91 Å². The van der Waals surface area contributed by atoms with Gasteiger partial charge in [-0.25, -0.2) is 0 Å². The maximum Gasteiger partial charge on any atom is 0.234 e. The second kappa shape index (κ2) is 6.86. The first kappa shape index (κ1) is 13.5. The molecule has 3 atom stereocenters. The van der Waals surface area contributed by atoms with E-state index in [4.69, 9.17) is 4.74 Å². The molecule has 4 nitrogen and oxygen atoms in total. The fraction of sp³-hybridized carbons (Fsp3) is 0.917. The normalized spacial score (nSPS) is 27.4. The molecule has 0 aromatic rings. The van der Waals surface area contributed by atoms with Crippen LogP contribution in [0.5, 0.6) is 0 Å². The predicted molar refractivity (Wildman–Crippen MR) is 64.3 cm³/mol. The Hall–Kier alpha value is -0.610. The summed E-state index contributed by atoms with van der Waals surface area (Å²) in [7, 11) is 0. The van der Waals surface area contributed by atoms with Crippen molar-refractivity contribution < 1.29 is 9.53 Å². The Kier molecular flexibility index (Phi) is 5.77. The van der Waals surface area contributed by atoms with Gasteiger partial charge in [0.1, 0.15) is 0 Å². The summed E-state index contributed by atoms with van der Waals surface area (Å²) in [6, 6.07) is 0.689. The lowest BCUT2D eigenvalue weighted by Gasteiger charge is -2.28. The minimum Gasteiger partial charge on any atom is -0.378 e. The molecule has 1 rings (SSSR count). The number of carbonyl (C=O) groups excluding carboxylic acids is 1. The maximum absolute atomic E-state index is 11.6. The molecule has 0 bridgehead atoms. The molecule has 1 fully saturated rings. The Labute approximate surface area is 98.1 Å². The molecule has 3 unspecified atom stereocenters. The van der Waals surface area contributed by atoms with Crippen LogP contribution in [0, 0.1) is 0 Å². The molecule has 0 aliphatic carbocycles. The smallest absolute Gasteiger partial charge is 0.234 e. The highest BCUT2D eigenvalue weighted by Gasteiger charge is 2.20. The van der Waals surface area contributed by atoms with E-state index >= 15 is 0 Å². The van der Waals surface area contributed by atoms with Crippen LogP contribution in [0.3, 0.4) is 0 Å². The minimum atomic E-state index is 0.0967. The summed E-state index contributed by atoms with van der Waals surface area (Å²) in [6.45, 7) is 7.42. The standard InChI is InChI=1S/C12H24N2O2/c1-4-9(2)13-8-12(15)14-11-5-6-16-10(3)7-11/h9-11,13H,4-8H2,1-3H3,(H,14,15). The third-order valence-electron chi connectivity index (χ3n) is 3.07. The second-order valence-corrected chi connectivity index (χ2v) is 4.66. The number of carbonyl (C=O) groups is 1. The van der Waals surface area contributed by atoms with Crippen molar-refractivity contribution in [1.29, 1.82) is 0 Å². The third kappa shape index (κ3) is 4.94. The number of hydrogen-bond acceptors (Lipinski definition) is 3. The van der Waals surface area contributed by atoms with Crippen LogP contribution in [0.25, 0.3) is 0 Å². The van der Waals surface area contributed by atoms with E-state index in [0.29, 0.717) is 12.6 Å². The van der Waals surface area contributed by atoms with E-state index in [1.807, 2.05) is 0 Å². The molecule has 94 valence electrons. The van der Waals surface area contributed by atoms with E-state index < -0.39 is 0 Å². The third-order valence-corrected chi connectivity index (χ3v) is 3.07. The van der Waals surface area contributed by atoms with Gasteiger partial charge in [-0.15, -0.1) is 0 Å². The Balaban J connectivity index is 2.18. The number of nitrogens with one attached hydrogen (secondary N) is 2. The molecule has 0 saturated carbocycles. The molecular weight excluding hydrogens is 204 g/mol. The van der Waals surface area contributed by atoms with Crippen molar-refractivity contribution in [3.63, 3.8) is 0 Å². The van der Waals surface area contributed by atoms with Crippen LogP contribution in [0.2, 0.25) is 0 Å². The molecule has 1 aliphatic heterocycles. The molecule has 4 heteroatoms. The Morgan fingerprint density at radius 1 is 1.56 bits per heavy atom.